The molecule has 0 fully saturated rings. The van der Waals surface area contributed by atoms with E-state index in [1.54, 1.807) is 0 Å². The summed E-state index contributed by atoms with van der Waals surface area (Å²) >= 11 is 0. The Morgan fingerprint density at radius 2 is 1.82 bits per heavy atom. The highest BCUT2D eigenvalue weighted by atomic mass is 16.5. The fourth-order valence-corrected chi connectivity index (χ4v) is 1.94. The van der Waals surface area contributed by atoms with Crippen LogP contribution in [0.4, 0.5) is 0 Å². The van der Waals surface area contributed by atoms with Crippen molar-refractivity contribution in [3.8, 4) is 5.75 Å². The van der Waals surface area contributed by atoms with Gasteiger partial charge in [0.2, 0.25) is 0 Å². The van der Waals surface area contributed by atoms with Crippen molar-refractivity contribution in [1.82, 2.24) is 0 Å². The Labute approximate surface area is 105 Å². The van der Waals surface area contributed by atoms with Gasteiger partial charge in [-0.05, 0) is 44.7 Å². The molecular formula is C15H25NO. The number of hydrogen-bond acceptors (Lipinski definition) is 2. The van der Waals surface area contributed by atoms with Gasteiger partial charge >= 0.3 is 0 Å². The predicted molar refractivity (Wildman–Crippen MR) is 73.3 cm³/mol. The van der Waals surface area contributed by atoms with Gasteiger partial charge in [0.1, 0.15) is 5.75 Å². The molecule has 1 aromatic carbocycles. The third-order valence-electron chi connectivity index (χ3n) is 2.66. The van der Waals surface area contributed by atoms with Crippen LogP contribution in [0.3, 0.4) is 0 Å². The summed E-state index contributed by atoms with van der Waals surface area (Å²) in [5, 5.41) is 0. The zero-order valence-corrected chi connectivity index (χ0v) is 11.7. The third-order valence-corrected chi connectivity index (χ3v) is 2.66. The molecule has 1 rings (SSSR count). The Morgan fingerprint density at radius 1 is 1.18 bits per heavy atom. The lowest BCUT2D eigenvalue weighted by atomic mass is 9.96. The Balaban J connectivity index is 2.96. The molecule has 0 aliphatic heterocycles. The minimum Gasteiger partial charge on any atom is -0.491 e. The van der Waals surface area contributed by atoms with E-state index < -0.39 is 0 Å². The van der Waals surface area contributed by atoms with Gasteiger partial charge in [0.05, 0.1) is 6.10 Å². The zero-order valence-electron chi connectivity index (χ0n) is 11.7. The number of ether oxygens (including phenoxy) is 1. The van der Waals surface area contributed by atoms with Crippen LogP contribution in [-0.4, -0.2) is 6.10 Å². The molecule has 17 heavy (non-hydrogen) atoms. The van der Waals surface area contributed by atoms with Crippen LogP contribution in [0.5, 0.6) is 5.75 Å². The summed E-state index contributed by atoms with van der Waals surface area (Å²) < 4.78 is 5.85. The normalized spacial score (nSPS) is 13.2. The van der Waals surface area contributed by atoms with Crippen LogP contribution in [0.1, 0.15) is 51.3 Å². The van der Waals surface area contributed by atoms with E-state index in [-0.39, 0.29) is 12.1 Å². The van der Waals surface area contributed by atoms with Crippen LogP contribution in [0.25, 0.3) is 0 Å². The van der Waals surface area contributed by atoms with Crippen LogP contribution in [0.2, 0.25) is 0 Å². The molecule has 2 N–H and O–H groups in total. The van der Waals surface area contributed by atoms with E-state index in [0.717, 1.165) is 17.7 Å². The lowest BCUT2D eigenvalue weighted by molar-refractivity contribution is 0.238. The lowest BCUT2D eigenvalue weighted by Crippen LogP contribution is -2.16. The second kappa shape index (κ2) is 6.06. The van der Waals surface area contributed by atoms with Crippen molar-refractivity contribution in [3.63, 3.8) is 0 Å². The molecule has 0 aliphatic carbocycles. The predicted octanol–water partition coefficient (Wildman–Crippen LogP) is 3.83. The van der Waals surface area contributed by atoms with E-state index in [0.29, 0.717) is 5.92 Å². The second-order valence-electron chi connectivity index (χ2n) is 5.44. The van der Waals surface area contributed by atoms with Crippen molar-refractivity contribution in [2.75, 3.05) is 0 Å². The Hall–Kier alpha value is -1.02. The summed E-state index contributed by atoms with van der Waals surface area (Å²) in [6.45, 7) is 10.5. The third kappa shape index (κ3) is 4.39. The van der Waals surface area contributed by atoms with E-state index in [1.165, 1.54) is 5.56 Å². The molecule has 1 unspecified atom stereocenters. The minimum atomic E-state index is 0.0596. The Bertz CT molecular complexity index is 358. The van der Waals surface area contributed by atoms with Crippen LogP contribution in [0, 0.1) is 12.8 Å². The molecule has 1 atom stereocenters. The molecule has 0 amide bonds. The van der Waals surface area contributed by atoms with Crippen molar-refractivity contribution >= 4 is 0 Å². The molecule has 2 nitrogen and oxygen atoms in total. The molecule has 0 aromatic heterocycles. The highest BCUT2D eigenvalue weighted by Gasteiger charge is 2.14. The topological polar surface area (TPSA) is 35.2 Å². The molecule has 2 heteroatoms. The van der Waals surface area contributed by atoms with Crippen LogP contribution in [0.15, 0.2) is 18.2 Å². The van der Waals surface area contributed by atoms with Crippen molar-refractivity contribution in [1.29, 1.82) is 0 Å². The van der Waals surface area contributed by atoms with Crippen LogP contribution < -0.4 is 10.5 Å². The van der Waals surface area contributed by atoms with Gasteiger partial charge in [0, 0.05) is 11.6 Å². The van der Waals surface area contributed by atoms with Gasteiger partial charge in [0.25, 0.3) is 0 Å². The molecule has 0 saturated heterocycles. The van der Waals surface area contributed by atoms with Crippen molar-refractivity contribution in [2.24, 2.45) is 11.7 Å². The smallest absolute Gasteiger partial charge is 0.124 e. The molecule has 0 radical (unpaired) electrons. The van der Waals surface area contributed by atoms with Crippen molar-refractivity contribution in [3.05, 3.63) is 29.3 Å². The van der Waals surface area contributed by atoms with Crippen LogP contribution >= 0.6 is 0 Å². The lowest BCUT2D eigenvalue weighted by Gasteiger charge is -2.20. The SMILES string of the molecule is Cc1ccc(C(N)CC(C)C)c(OC(C)C)c1. The minimum absolute atomic E-state index is 0.0596. The number of rotatable bonds is 5. The van der Waals surface area contributed by atoms with Gasteiger partial charge in [-0.1, -0.05) is 26.0 Å². The van der Waals surface area contributed by atoms with E-state index in [1.807, 2.05) is 13.8 Å². The first-order valence-electron chi connectivity index (χ1n) is 6.43. The van der Waals surface area contributed by atoms with Crippen molar-refractivity contribution in [2.45, 2.75) is 53.2 Å². The Morgan fingerprint density at radius 3 is 2.35 bits per heavy atom. The standard InChI is InChI=1S/C15H25NO/c1-10(2)8-14(16)13-7-6-12(5)9-15(13)17-11(3)4/h6-7,9-11,14H,8,16H2,1-5H3. The quantitative estimate of drug-likeness (QED) is 0.842. The molecule has 0 spiro atoms. The van der Waals surface area contributed by atoms with E-state index >= 15 is 0 Å². The monoisotopic (exact) mass is 235 g/mol. The van der Waals surface area contributed by atoms with Gasteiger partial charge in [-0.2, -0.15) is 0 Å². The molecular weight excluding hydrogens is 210 g/mol. The summed E-state index contributed by atoms with van der Waals surface area (Å²) in [4.78, 5) is 0. The average molecular weight is 235 g/mol. The number of hydrogen-bond donors (Lipinski definition) is 1. The molecule has 0 heterocycles. The van der Waals surface area contributed by atoms with E-state index in [2.05, 4.69) is 39.0 Å². The molecule has 0 aliphatic rings. The molecule has 96 valence electrons. The van der Waals surface area contributed by atoms with Crippen LogP contribution in [-0.2, 0) is 0 Å². The molecule has 1 aromatic rings. The summed E-state index contributed by atoms with van der Waals surface area (Å²) in [6, 6.07) is 6.34. The second-order valence-corrected chi connectivity index (χ2v) is 5.44. The average Bonchev–Trinajstić information content (AvgIpc) is 2.15. The zero-order chi connectivity index (χ0) is 13.0. The fraction of sp³-hybridized carbons (Fsp3) is 0.600. The summed E-state index contributed by atoms with van der Waals surface area (Å²) in [5.41, 5.74) is 8.58. The molecule has 0 saturated carbocycles. The van der Waals surface area contributed by atoms with Gasteiger partial charge in [-0.3, -0.25) is 0 Å². The first-order valence-corrected chi connectivity index (χ1v) is 6.43. The highest BCUT2D eigenvalue weighted by Crippen LogP contribution is 2.29. The van der Waals surface area contributed by atoms with Crippen molar-refractivity contribution < 1.29 is 4.74 Å². The maximum Gasteiger partial charge on any atom is 0.124 e. The number of aryl methyl sites for hydroxylation is 1. The van der Waals surface area contributed by atoms with E-state index in [4.69, 9.17) is 10.5 Å². The summed E-state index contributed by atoms with van der Waals surface area (Å²) in [5.74, 6) is 1.53. The Kier molecular flexibility index (Phi) is 5.01. The molecule has 0 bridgehead atoms. The number of nitrogens with two attached hydrogens (primary N) is 1. The highest BCUT2D eigenvalue weighted by molar-refractivity contribution is 5.39. The van der Waals surface area contributed by atoms with Gasteiger partial charge in [-0.25, -0.2) is 0 Å². The first kappa shape index (κ1) is 14.0. The number of benzene rings is 1. The summed E-state index contributed by atoms with van der Waals surface area (Å²) in [7, 11) is 0. The van der Waals surface area contributed by atoms with E-state index in [9.17, 15) is 0 Å². The van der Waals surface area contributed by atoms with Gasteiger partial charge in [0.15, 0.2) is 0 Å². The summed E-state index contributed by atoms with van der Waals surface area (Å²) in [6.07, 6.45) is 1.17. The largest absolute Gasteiger partial charge is 0.491 e. The maximum atomic E-state index is 6.24. The van der Waals surface area contributed by atoms with Gasteiger partial charge in [-0.15, -0.1) is 0 Å². The first-order chi connectivity index (χ1) is 7.90. The van der Waals surface area contributed by atoms with Gasteiger partial charge < -0.3 is 10.5 Å². The maximum absolute atomic E-state index is 6.24. The fourth-order valence-electron chi connectivity index (χ4n) is 1.94.